The number of nitrogens with zero attached hydrogens (tertiary/aromatic N) is 2. The van der Waals surface area contributed by atoms with Gasteiger partial charge in [-0.25, -0.2) is 4.98 Å². The number of aromatic nitrogens is 1. The number of ether oxygens (including phenoxy) is 1. The van der Waals surface area contributed by atoms with Crippen LogP contribution >= 0.6 is 35.0 Å². The summed E-state index contributed by atoms with van der Waals surface area (Å²) in [6, 6.07) is 8.89. The number of carbonyl (C=O) groups is 2. The highest BCUT2D eigenvalue weighted by Crippen LogP contribution is 2.23. The molecule has 1 unspecified atom stereocenters. The molecular weight excluding hydrogens is 447 g/mol. The summed E-state index contributed by atoms with van der Waals surface area (Å²) in [5.41, 5.74) is 6.45. The molecule has 1 aliphatic rings. The minimum atomic E-state index is -0.579. The van der Waals surface area contributed by atoms with Gasteiger partial charge in [-0.05, 0) is 29.8 Å². The number of nitrogens with one attached hydrogen (secondary N) is 1. The molecule has 3 rings (SSSR count). The summed E-state index contributed by atoms with van der Waals surface area (Å²) in [7, 11) is 0. The normalized spacial score (nSPS) is 16.9. The Morgan fingerprint density at radius 3 is 2.80 bits per heavy atom. The monoisotopic (exact) mass is 468 g/mol. The zero-order chi connectivity index (χ0) is 21.5. The summed E-state index contributed by atoms with van der Waals surface area (Å²) in [5.74, 6) is -0.425. The van der Waals surface area contributed by atoms with Crippen molar-refractivity contribution in [2.24, 2.45) is 5.73 Å². The smallest absolute Gasteiger partial charge is 0.267 e. The third kappa shape index (κ3) is 6.85. The molecule has 10 heteroatoms. The number of nitrogens with two attached hydrogens (primary N) is 1. The molecule has 1 saturated heterocycles. The number of benzene rings is 1. The number of hydrogen-bond donors (Lipinski definition) is 2. The lowest BCUT2D eigenvalue weighted by atomic mass is 10.2. The average molecular weight is 469 g/mol. The van der Waals surface area contributed by atoms with E-state index < -0.39 is 5.91 Å². The third-order valence-electron chi connectivity index (χ3n) is 4.50. The highest BCUT2D eigenvalue weighted by Gasteiger charge is 2.21. The van der Waals surface area contributed by atoms with Gasteiger partial charge in [0.25, 0.3) is 5.91 Å². The lowest BCUT2D eigenvalue weighted by molar-refractivity contribution is -0.119. The van der Waals surface area contributed by atoms with Crippen molar-refractivity contribution in [2.75, 3.05) is 32.0 Å². The van der Waals surface area contributed by atoms with E-state index in [1.165, 1.54) is 18.0 Å². The molecule has 2 heterocycles. The first kappa shape index (κ1) is 22.8. The van der Waals surface area contributed by atoms with E-state index in [4.69, 9.17) is 33.7 Å². The van der Waals surface area contributed by atoms with Crippen LogP contribution in [-0.4, -0.2) is 59.8 Å². The van der Waals surface area contributed by atoms with E-state index >= 15 is 0 Å². The van der Waals surface area contributed by atoms with Gasteiger partial charge in [0.05, 0.1) is 28.5 Å². The van der Waals surface area contributed by atoms with E-state index in [0.717, 1.165) is 23.5 Å². The maximum absolute atomic E-state index is 12.2. The summed E-state index contributed by atoms with van der Waals surface area (Å²) in [6.45, 7) is 3.32. The van der Waals surface area contributed by atoms with Crippen molar-refractivity contribution in [3.8, 4) is 0 Å². The Balaban J connectivity index is 1.40. The maximum atomic E-state index is 12.2. The Labute approximate surface area is 189 Å². The molecule has 7 nitrogen and oxygen atoms in total. The molecule has 160 valence electrons. The molecule has 2 aromatic rings. The fraction of sp³-hybridized carbons (Fsp3) is 0.350. The largest absolute Gasteiger partial charge is 0.374 e. The van der Waals surface area contributed by atoms with Crippen LogP contribution in [-0.2, 0) is 16.1 Å². The van der Waals surface area contributed by atoms with Crippen LogP contribution < -0.4 is 11.1 Å². The van der Waals surface area contributed by atoms with Crippen LogP contribution in [0.5, 0.6) is 0 Å². The van der Waals surface area contributed by atoms with Crippen molar-refractivity contribution < 1.29 is 14.3 Å². The Bertz CT molecular complexity index is 898. The number of pyridine rings is 1. The van der Waals surface area contributed by atoms with Gasteiger partial charge in [-0.15, -0.1) is 11.8 Å². The summed E-state index contributed by atoms with van der Waals surface area (Å²) in [6.07, 6.45) is 1.45. The molecule has 1 aromatic heterocycles. The van der Waals surface area contributed by atoms with Crippen LogP contribution in [0, 0.1) is 0 Å². The summed E-state index contributed by atoms with van der Waals surface area (Å²) in [5, 5.41) is 4.00. The van der Waals surface area contributed by atoms with Crippen molar-refractivity contribution in [2.45, 2.75) is 17.5 Å². The Morgan fingerprint density at radius 1 is 1.27 bits per heavy atom. The molecule has 3 N–H and O–H groups in total. The van der Waals surface area contributed by atoms with E-state index in [9.17, 15) is 9.59 Å². The van der Waals surface area contributed by atoms with Crippen LogP contribution in [0.3, 0.4) is 0 Å². The first-order valence-corrected chi connectivity index (χ1v) is 11.1. The van der Waals surface area contributed by atoms with Gasteiger partial charge in [0.1, 0.15) is 5.69 Å². The predicted molar refractivity (Wildman–Crippen MR) is 118 cm³/mol. The highest BCUT2D eigenvalue weighted by atomic mass is 35.5. The van der Waals surface area contributed by atoms with E-state index in [0.29, 0.717) is 29.7 Å². The summed E-state index contributed by atoms with van der Waals surface area (Å²) < 4.78 is 5.77. The molecule has 1 aliphatic heterocycles. The second-order valence-electron chi connectivity index (χ2n) is 6.81. The van der Waals surface area contributed by atoms with Crippen LogP contribution in [0.15, 0.2) is 41.4 Å². The average Bonchev–Trinajstić information content (AvgIpc) is 2.74. The number of carbonyl (C=O) groups excluding carboxylic acids is 2. The van der Waals surface area contributed by atoms with Crippen LogP contribution in [0.25, 0.3) is 0 Å². The highest BCUT2D eigenvalue weighted by molar-refractivity contribution is 8.00. The number of halogens is 2. The lowest BCUT2D eigenvalue weighted by Crippen LogP contribution is -2.47. The van der Waals surface area contributed by atoms with E-state index in [1.807, 2.05) is 12.1 Å². The fourth-order valence-electron chi connectivity index (χ4n) is 2.98. The quantitative estimate of drug-likeness (QED) is 0.577. The molecular formula is C20H22Cl2N4O3S. The lowest BCUT2D eigenvalue weighted by Gasteiger charge is -2.33. The van der Waals surface area contributed by atoms with Gasteiger partial charge in [0, 0.05) is 37.3 Å². The Morgan fingerprint density at radius 2 is 2.10 bits per heavy atom. The standard InChI is InChI=1S/C20H22Cl2N4O3S/c21-16-3-1-13(7-17(16)22)10-26-5-6-29-14(11-26)8-25-19(27)12-30-15-2-4-18(20(23)28)24-9-15/h1-4,7,9,14H,5-6,8,10-12H2,(H2,23,28)(H,25,27). The van der Waals surface area contributed by atoms with Gasteiger partial charge < -0.3 is 15.8 Å². The molecule has 1 fully saturated rings. The van der Waals surface area contributed by atoms with Crippen LogP contribution in [0.4, 0.5) is 0 Å². The fourth-order valence-corrected chi connectivity index (χ4v) is 3.99. The van der Waals surface area contributed by atoms with E-state index in [1.54, 1.807) is 18.2 Å². The number of morpholine rings is 1. The molecule has 0 aliphatic carbocycles. The van der Waals surface area contributed by atoms with Crippen LogP contribution in [0.2, 0.25) is 10.0 Å². The van der Waals surface area contributed by atoms with Crippen molar-refractivity contribution >= 4 is 46.8 Å². The van der Waals surface area contributed by atoms with E-state index in [2.05, 4.69) is 15.2 Å². The first-order valence-electron chi connectivity index (χ1n) is 9.34. The molecule has 0 spiro atoms. The van der Waals surface area contributed by atoms with Crippen molar-refractivity contribution in [3.63, 3.8) is 0 Å². The minimum Gasteiger partial charge on any atom is -0.374 e. The zero-order valence-corrected chi connectivity index (χ0v) is 18.5. The zero-order valence-electron chi connectivity index (χ0n) is 16.1. The molecule has 0 saturated carbocycles. The number of primary amides is 1. The van der Waals surface area contributed by atoms with Crippen molar-refractivity contribution in [1.29, 1.82) is 0 Å². The number of hydrogen-bond acceptors (Lipinski definition) is 6. The number of thioether (sulfide) groups is 1. The number of rotatable bonds is 8. The molecule has 2 amide bonds. The third-order valence-corrected chi connectivity index (χ3v) is 6.22. The second-order valence-corrected chi connectivity index (χ2v) is 8.68. The Kier molecular flexibility index (Phi) is 8.35. The molecule has 0 radical (unpaired) electrons. The summed E-state index contributed by atoms with van der Waals surface area (Å²) in [4.78, 5) is 30.2. The van der Waals surface area contributed by atoms with Gasteiger partial charge in [0.2, 0.25) is 5.91 Å². The molecule has 1 aromatic carbocycles. The van der Waals surface area contributed by atoms with Gasteiger partial charge in [-0.1, -0.05) is 29.3 Å². The SMILES string of the molecule is NC(=O)c1ccc(SCC(=O)NCC2CN(Cc3ccc(Cl)c(Cl)c3)CCO2)cn1. The van der Waals surface area contributed by atoms with Crippen molar-refractivity contribution in [3.05, 3.63) is 57.8 Å². The Hall–Kier alpha value is -1.84. The van der Waals surface area contributed by atoms with Crippen LogP contribution in [0.1, 0.15) is 16.1 Å². The minimum absolute atomic E-state index is 0.0769. The van der Waals surface area contributed by atoms with Gasteiger partial charge in [0.15, 0.2) is 0 Å². The molecule has 0 bridgehead atoms. The predicted octanol–water partition coefficient (Wildman–Crippen LogP) is 2.60. The second kappa shape index (κ2) is 11.0. The van der Waals surface area contributed by atoms with Crippen molar-refractivity contribution in [1.82, 2.24) is 15.2 Å². The van der Waals surface area contributed by atoms with E-state index in [-0.39, 0.29) is 23.5 Å². The first-order chi connectivity index (χ1) is 14.4. The van der Waals surface area contributed by atoms with Gasteiger partial charge >= 0.3 is 0 Å². The topological polar surface area (TPSA) is 97.5 Å². The van der Waals surface area contributed by atoms with Gasteiger partial charge in [-0.3, -0.25) is 14.5 Å². The summed E-state index contributed by atoms with van der Waals surface area (Å²) >= 11 is 13.4. The van der Waals surface area contributed by atoms with Gasteiger partial charge in [-0.2, -0.15) is 0 Å². The maximum Gasteiger partial charge on any atom is 0.267 e. The number of amides is 2. The molecule has 30 heavy (non-hydrogen) atoms. The molecule has 1 atom stereocenters.